The fourth-order valence-electron chi connectivity index (χ4n) is 2.26. The Bertz CT molecular complexity index is 796. The molecule has 0 N–H and O–H groups in total. The number of rotatable bonds is 2. The Hall–Kier alpha value is -1.03. The SMILES string of the molecule is Cc1ccc(Cl)c(-n2c(CCl)nc3cc(Br)ccc32)c1. The van der Waals surface area contributed by atoms with E-state index in [2.05, 4.69) is 20.9 Å². The van der Waals surface area contributed by atoms with Crippen LogP contribution in [0.3, 0.4) is 0 Å². The van der Waals surface area contributed by atoms with Gasteiger partial charge in [0.05, 0.1) is 27.6 Å². The standard InChI is InChI=1S/C15H11BrCl2N2/c1-9-2-4-11(18)14(6-9)20-13-5-3-10(16)7-12(13)19-15(20)8-17/h2-7H,8H2,1H3. The van der Waals surface area contributed by atoms with E-state index in [0.717, 1.165) is 32.6 Å². The molecule has 0 spiro atoms. The molecule has 2 nitrogen and oxygen atoms in total. The molecule has 0 saturated carbocycles. The molecule has 1 aromatic heterocycles. The van der Waals surface area contributed by atoms with Crippen molar-refractivity contribution in [2.75, 3.05) is 0 Å². The van der Waals surface area contributed by atoms with E-state index in [1.165, 1.54) is 0 Å². The van der Waals surface area contributed by atoms with E-state index in [0.29, 0.717) is 10.9 Å². The fraction of sp³-hybridized carbons (Fsp3) is 0.133. The molecule has 0 bridgehead atoms. The molecule has 0 aliphatic carbocycles. The van der Waals surface area contributed by atoms with E-state index in [-0.39, 0.29) is 0 Å². The van der Waals surface area contributed by atoms with Crippen LogP contribution in [0.25, 0.3) is 16.7 Å². The molecule has 0 radical (unpaired) electrons. The molecule has 102 valence electrons. The zero-order chi connectivity index (χ0) is 14.3. The summed E-state index contributed by atoms with van der Waals surface area (Å²) < 4.78 is 3.01. The molecule has 0 amide bonds. The van der Waals surface area contributed by atoms with Crippen LogP contribution in [0, 0.1) is 6.92 Å². The van der Waals surface area contributed by atoms with Crippen LogP contribution in [-0.4, -0.2) is 9.55 Å². The Balaban J connectivity index is 2.37. The van der Waals surface area contributed by atoms with E-state index in [1.807, 2.05) is 47.9 Å². The van der Waals surface area contributed by atoms with Crippen LogP contribution in [0.4, 0.5) is 0 Å². The van der Waals surface area contributed by atoms with Gasteiger partial charge in [-0.2, -0.15) is 0 Å². The number of hydrogen-bond acceptors (Lipinski definition) is 1. The van der Waals surface area contributed by atoms with Gasteiger partial charge in [0, 0.05) is 4.47 Å². The highest BCUT2D eigenvalue weighted by Crippen LogP contribution is 2.29. The van der Waals surface area contributed by atoms with Gasteiger partial charge >= 0.3 is 0 Å². The maximum atomic E-state index is 6.35. The van der Waals surface area contributed by atoms with Gasteiger partial charge in [-0.05, 0) is 42.8 Å². The number of nitrogens with zero attached hydrogens (tertiary/aromatic N) is 2. The topological polar surface area (TPSA) is 17.8 Å². The lowest BCUT2D eigenvalue weighted by molar-refractivity contribution is 0.980. The first-order chi connectivity index (χ1) is 9.60. The maximum absolute atomic E-state index is 6.35. The second kappa shape index (κ2) is 5.40. The Morgan fingerprint density at radius 1 is 1.20 bits per heavy atom. The van der Waals surface area contributed by atoms with Crippen LogP contribution in [-0.2, 0) is 5.88 Å². The molecule has 2 aromatic carbocycles. The summed E-state index contributed by atoms with van der Waals surface area (Å²) in [5.74, 6) is 1.11. The van der Waals surface area contributed by atoms with Crippen molar-refractivity contribution in [3.63, 3.8) is 0 Å². The molecule has 0 aliphatic heterocycles. The van der Waals surface area contributed by atoms with Crippen LogP contribution >= 0.6 is 39.1 Å². The van der Waals surface area contributed by atoms with Crippen molar-refractivity contribution < 1.29 is 0 Å². The van der Waals surface area contributed by atoms with Crippen molar-refractivity contribution in [1.29, 1.82) is 0 Å². The predicted molar refractivity (Wildman–Crippen MR) is 88.1 cm³/mol. The Kier molecular flexibility index (Phi) is 3.76. The summed E-state index contributed by atoms with van der Waals surface area (Å²) in [5, 5.41) is 0.684. The zero-order valence-electron chi connectivity index (χ0n) is 10.7. The smallest absolute Gasteiger partial charge is 0.129 e. The van der Waals surface area contributed by atoms with E-state index in [1.54, 1.807) is 0 Å². The van der Waals surface area contributed by atoms with Gasteiger partial charge in [0.2, 0.25) is 0 Å². The zero-order valence-corrected chi connectivity index (χ0v) is 13.8. The minimum absolute atomic E-state index is 0.330. The number of imidazole rings is 1. The Morgan fingerprint density at radius 3 is 2.75 bits per heavy atom. The second-order valence-corrected chi connectivity index (χ2v) is 6.18. The normalized spacial score (nSPS) is 11.2. The summed E-state index contributed by atoms with van der Waals surface area (Å²) >= 11 is 15.9. The largest absolute Gasteiger partial charge is 0.294 e. The van der Waals surface area contributed by atoms with Crippen LogP contribution < -0.4 is 0 Å². The molecule has 0 unspecified atom stereocenters. The van der Waals surface area contributed by atoms with Gasteiger partial charge < -0.3 is 0 Å². The molecule has 0 fully saturated rings. The average Bonchev–Trinajstić information content (AvgIpc) is 2.78. The summed E-state index contributed by atoms with van der Waals surface area (Å²) in [4.78, 5) is 4.58. The third-order valence-corrected chi connectivity index (χ3v) is 4.20. The monoisotopic (exact) mass is 368 g/mol. The molecule has 0 saturated heterocycles. The lowest BCUT2D eigenvalue weighted by Gasteiger charge is -2.11. The number of benzene rings is 2. The van der Waals surface area contributed by atoms with Crippen molar-refractivity contribution in [2.45, 2.75) is 12.8 Å². The quantitative estimate of drug-likeness (QED) is 0.546. The highest BCUT2D eigenvalue weighted by molar-refractivity contribution is 9.10. The second-order valence-electron chi connectivity index (χ2n) is 4.58. The third-order valence-electron chi connectivity index (χ3n) is 3.15. The molecule has 3 aromatic rings. The molecule has 1 heterocycles. The minimum atomic E-state index is 0.330. The van der Waals surface area contributed by atoms with Crippen molar-refractivity contribution in [3.05, 3.63) is 57.3 Å². The number of fused-ring (bicyclic) bond motifs is 1. The lowest BCUT2D eigenvalue weighted by Crippen LogP contribution is -2.00. The fourth-order valence-corrected chi connectivity index (χ4v) is 2.99. The summed E-state index contributed by atoms with van der Waals surface area (Å²) in [6, 6.07) is 11.9. The van der Waals surface area contributed by atoms with Gasteiger partial charge in [0.1, 0.15) is 5.82 Å². The first-order valence-corrected chi connectivity index (χ1v) is 7.80. The summed E-state index contributed by atoms with van der Waals surface area (Å²) in [7, 11) is 0. The van der Waals surface area contributed by atoms with Crippen molar-refractivity contribution in [2.24, 2.45) is 0 Å². The van der Waals surface area contributed by atoms with Gasteiger partial charge in [-0.25, -0.2) is 4.98 Å². The van der Waals surface area contributed by atoms with Crippen molar-refractivity contribution in [3.8, 4) is 5.69 Å². The summed E-state index contributed by atoms with van der Waals surface area (Å²) in [5.41, 5.74) is 3.94. The van der Waals surface area contributed by atoms with Gasteiger partial charge in [-0.1, -0.05) is 33.6 Å². The highest BCUT2D eigenvalue weighted by Gasteiger charge is 2.14. The predicted octanol–water partition coefficient (Wildman–Crippen LogP) is 5.49. The maximum Gasteiger partial charge on any atom is 0.129 e. The summed E-state index contributed by atoms with van der Waals surface area (Å²) in [6.45, 7) is 2.04. The lowest BCUT2D eigenvalue weighted by atomic mass is 10.2. The number of hydrogen-bond donors (Lipinski definition) is 0. The van der Waals surface area contributed by atoms with E-state index in [4.69, 9.17) is 23.2 Å². The van der Waals surface area contributed by atoms with E-state index < -0.39 is 0 Å². The molecule has 3 rings (SSSR count). The van der Waals surface area contributed by atoms with Gasteiger partial charge in [-0.3, -0.25) is 4.57 Å². The average molecular weight is 370 g/mol. The molecule has 5 heteroatoms. The van der Waals surface area contributed by atoms with Crippen molar-refractivity contribution in [1.82, 2.24) is 9.55 Å². The van der Waals surface area contributed by atoms with Gasteiger partial charge in [0.15, 0.2) is 0 Å². The van der Waals surface area contributed by atoms with Gasteiger partial charge in [0.25, 0.3) is 0 Å². The molecule has 0 aliphatic rings. The number of aromatic nitrogens is 2. The third kappa shape index (κ3) is 2.34. The van der Waals surface area contributed by atoms with Gasteiger partial charge in [-0.15, -0.1) is 11.6 Å². The van der Waals surface area contributed by atoms with E-state index >= 15 is 0 Å². The van der Waals surface area contributed by atoms with Crippen molar-refractivity contribution >= 4 is 50.2 Å². The molecular formula is C15H11BrCl2N2. The summed E-state index contributed by atoms with van der Waals surface area (Å²) in [6.07, 6.45) is 0. The molecular weight excluding hydrogens is 359 g/mol. The molecule has 0 atom stereocenters. The van der Waals surface area contributed by atoms with E-state index in [9.17, 15) is 0 Å². The minimum Gasteiger partial charge on any atom is -0.294 e. The van der Waals surface area contributed by atoms with Crippen LogP contribution in [0.1, 0.15) is 11.4 Å². The Morgan fingerprint density at radius 2 is 2.00 bits per heavy atom. The first-order valence-electron chi connectivity index (χ1n) is 6.09. The Labute approximate surface area is 135 Å². The number of aryl methyl sites for hydroxylation is 1. The van der Waals surface area contributed by atoms with Crippen LogP contribution in [0.15, 0.2) is 40.9 Å². The number of alkyl halides is 1. The highest BCUT2D eigenvalue weighted by atomic mass is 79.9. The molecule has 20 heavy (non-hydrogen) atoms. The van der Waals surface area contributed by atoms with Crippen LogP contribution in [0.5, 0.6) is 0 Å². The first kappa shape index (κ1) is 13.9. The number of halogens is 3. The van der Waals surface area contributed by atoms with Crippen LogP contribution in [0.2, 0.25) is 5.02 Å².